The van der Waals surface area contributed by atoms with Gasteiger partial charge in [-0.2, -0.15) is 0 Å². The van der Waals surface area contributed by atoms with E-state index in [0.717, 1.165) is 36.3 Å². The van der Waals surface area contributed by atoms with Gasteiger partial charge in [0.05, 0.1) is 17.3 Å². The molecule has 0 saturated carbocycles. The van der Waals surface area contributed by atoms with Gasteiger partial charge < -0.3 is 16.0 Å². The highest BCUT2D eigenvalue weighted by molar-refractivity contribution is 7.93. The Hall–Kier alpha value is -1.60. The van der Waals surface area contributed by atoms with E-state index >= 15 is 0 Å². The van der Waals surface area contributed by atoms with E-state index in [0.29, 0.717) is 19.6 Å². The van der Waals surface area contributed by atoms with Gasteiger partial charge in [0, 0.05) is 37.1 Å². The number of nitrogens with zero attached hydrogens (tertiary/aromatic N) is 1. The molecule has 1 aromatic heterocycles. The molecule has 1 saturated heterocycles. The van der Waals surface area contributed by atoms with Crippen LogP contribution in [0.25, 0.3) is 0 Å². The van der Waals surface area contributed by atoms with Crippen molar-refractivity contribution < 1.29 is 21.6 Å². The Morgan fingerprint density at radius 2 is 2.06 bits per heavy atom. The lowest BCUT2D eigenvalue weighted by Gasteiger charge is -2.13. The van der Waals surface area contributed by atoms with Crippen LogP contribution in [0.1, 0.15) is 19.3 Å². The summed E-state index contributed by atoms with van der Waals surface area (Å²) >= 11 is 7.21. The Morgan fingerprint density at radius 3 is 2.74 bits per heavy atom. The normalized spacial score (nSPS) is 18.3. The van der Waals surface area contributed by atoms with Gasteiger partial charge in [0.25, 0.3) is 15.9 Å². The summed E-state index contributed by atoms with van der Waals surface area (Å²) in [7, 11) is -4.15. The lowest BCUT2D eigenvalue weighted by atomic mass is 10.2. The van der Waals surface area contributed by atoms with Crippen LogP contribution in [0.15, 0.2) is 28.6 Å². The molecule has 172 valence electrons. The van der Waals surface area contributed by atoms with Crippen LogP contribution < -0.4 is 20.7 Å². The Bertz CT molecular complexity index is 977. The quantitative estimate of drug-likeness (QED) is 0.355. The van der Waals surface area contributed by atoms with Crippen LogP contribution in [0.3, 0.4) is 0 Å². The number of hydrogen-bond donors (Lipinski definition) is 4. The van der Waals surface area contributed by atoms with Gasteiger partial charge in [-0.15, -0.1) is 11.3 Å². The first-order valence-electron chi connectivity index (χ1n) is 9.63. The predicted octanol–water partition coefficient (Wildman–Crippen LogP) is 3.52. The van der Waals surface area contributed by atoms with Gasteiger partial charge in [-0.05, 0) is 31.5 Å². The molecule has 1 aromatic carbocycles. The van der Waals surface area contributed by atoms with Gasteiger partial charge in [0.2, 0.25) is 0 Å². The first-order chi connectivity index (χ1) is 14.7. The second kappa shape index (κ2) is 10.3. The summed E-state index contributed by atoms with van der Waals surface area (Å²) in [6, 6.07) is 1.87. The molecule has 3 rings (SSSR count). The standard InChI is InChI=1S/C18H23ClF3N5O2S2/c19-13-7-16(31(28,29)27-17-25-5-6-30-17)14(20)8-15(13)24-4-2-1-3-23-10-12-9-18(21,22)11-26-12/h5-8,12,23-24,26H,1-4,9-11H2,(H,25,27)/t12-/m1/s1. The molecule has 1 atom stereocenters. The fourth-order valence-electron chi connectivity index (χ4n) is 3.13. The maximum Gasteiger partial charge on any atom is 0.266 e. The van der Waals surface area contributed by atoms with Crippen molar-refractivity contribution >= 4 is 43.8 Å². The molecule has 1 aliphatic heterocycles. The molecule has 1 aliphatic rings. The maximum atomic E-state index is 14.4. The first kappa shape index (κ1) is 24.1. The molecule has 13 heteroatoms. The first-order valence-corrected chi connectivity index (χ1v) is 12.4. The molecular formula is C18H23ClF3N5O2S2. The Morgan fingerprint density at radius 1 is 1.29 bits per heavy atom. The van der Waals surface area contributed by atoms with Gasteiger partial charge in [-0.25, -0.2) is 26.6 Å². The molecule has 31 heavy (non-hydrogen) atoms. The topological polar surface area (TPSA) is 95.2 Å². The molecule has 0 aliphatic carbocycles. The summed E-state index contributed by atoms with van der Waals surface area (Å²) in [5.74, 6) is -3.56. The molecule has 1 fully saturated rings. The molecule has 0 unspecified atom stereocenters. The van der Waals surface area contributed by atoms with E-state index < -0.39 is 26.7 Å². The third kappa shape index (κ3) is 6.94. The van der Waals surface area contributed by atoms with Crippen molar-refractivity contribution in [1.29, 1.82) is 0 Å². The molecule has 7 nitrogen and oxygen atoms in total. The van der Waals surface area contributed by atoms with Crippen molar-refractivity contribution in [2.24, 2.45) is 0 Å². The minimum Gasteiger partial charge on any atom is -0.384 e. The van der Waals surface area contributed by atoms with Crippen LogP contribution in [-0.2, 0) is 10.0 Å². The van der Waals surface area contributed by atoms with Crippen molar-refractivity contribution in [3.05, 3.63) is 34.5 Å². The smallest absolute Gasteiger partial charge is 0.266 e. The number of alkyl halides is 2. The van der Waals surface area contributed by atoms with Crippen LogP contribution in [0.2, 0.25) is 5.02 Å². The molecule has 4 N–H and O–H groups in total. The van der Waals surface area contributed by atoms with E-state index in [-0.39, 0.29) is 34.8 Å². The van der Waals surface area contributed by atoms with Gasteiger partial charge in [-0.1, -0.05) is 11.6 Å². The minimum atomic E-state index is -4.15. The van der Waals surface area contributed by atoms with Crippen LogP contribution in [0.4, 0.5) is 24.0 Å². The number of unbranched alkanes of at least 4 members (excludes halogenated alkanes) is 1. The average molecular weight is 498 g/mol. The summed E-state index contributed by atoms with van der Waals surface area (Å²) < 4.78 is 67.5. The summed E-state index contributed by atoms with van der Waals surface area (Å²) in [4.78, 5) is 3.25. The van der Waals surface area contributed by atoms with E-state index in [1.54, 1.807) is 5.38 Å². The van der Waals surface area contributed by atoms with E-state index in [4.69, 9.17) is 11.6 Å². The van der Waals surface area contributed by atoms with Crippen molar-refractivity contribution in [2.45, 2.75) is 36.1 Å². The third-order valence-electron chi connectivity index (χ3n) is 4.65. The van der Waals surface area contributed by atoms with Crippen molar-refractivity contribution in [3.63, 3.8) is 0 Å². The largest absolute Gasteiger partial charge is 0.384 e. The molecule has 2 heterocycles. The Balaban J connectivity index is 1.42. The van der Waals surface area contributed by atoms with Crippen molar-refractivity contribution in [2.75, 3.05) is 36.2 Å². The molecule has 2 aromatic rings. The summed E-state index contributed by atoms with van der Waals surface area (Å²) in [6.45, 7) is 1.35. The minimum absolute atomic E-state index is 0.0762. The van der Waals surface area contributed by atoms with Crippen LogP contribution >= 0.6 is 22.9 Å². The highest BCUT2D eigenvalue weighted by atomic mass is 35.5. The van der Waals surface area contributed by atoms with Crippen molar-refractivity contribution in [1.82, 2.24) is 15.6 Å². The maximum absolute atomic E-state index is 14.4. The number of halogens is 4. The fourth-order valence-corrected chi connectivity index (χ4v) is 5.30. The fraction of sp³-hybridized carbons (Fsp3) is 0.500. The van der Waals surface area contributed by atoms with Crippen LogP contribution in [0, 0.1) is 5.82 Å². The third-order valence-corrected chi connectivity index (χ3v) is 7.13. The number of anilines is 2. The highest BCUT2D eigenvalue weighted by Crippen LogP contribution is 2.29. The lowest BCUT2D eigenvalue weighted by Crippen LogP contribution is -2.34. The SMILES string of the molecule is O=S(=O)(Nc1nccs1)c1cc(Cl)c(NCCCCNC[C@H]2CC(F)(F)CN2)cc1F. The van der Waals surface area contributed by atoms with E-state index in [1.807, 2.05) is 0 Å². The van der Waals surface area contributed by atoms with E-state index in [1.165, 1.54) is 6.20 Å². The highest BCUT2D eigenvalue weighted by Gasteiger charge is 2.38. The Labute approximate surface area is 187 Å². The zero-order valence-corrected chi connectivity index (χ0v) is 18.8. The number of thiazole rings is 1. The monoisotopic (exact) mass is 497 g/mol. The van der Waals surface area contributed by atoms with Crippen LogP contribution in [-0.4, -0.2) is 51.5 Å². The zero-order valence-electron chi connectivity index (χ0n) is 16.4. The molecule has 0 amide bonds. The number of nitrogens with one attached hydrogen (secondary N) is 4. The summed E-state index contributed by atoms with van der Waals surface area (Å²) in [5, 5.41) is 10.7. The average Bonchev–Trinajstić information content (AvgIpc) is 3.31. The predicted molar refractivity (Wildman–Crippen MR) is 116 cm³/mol. The van der Waals surface area contributed by atoms with Gasteiger partial charge in [0.1, 0.15) is 10.7 Å². The summed E-state index contributed by atoms with van der Waals surface area (Å²) in [6.07, 6.45) is 2.78. The number of sulfonamides is 1. The number of rotatable bonds is 11. The molecular weight excluding hydrogens is 475 g/mol. The zero-order chi connectivity index (χ0) is 22.5. The Kier molecular flexibility index (Phi) is 8.03. The van der Waals surface area contributed by atoms with Gasteiger partial charge in [-0.3, -0.25) is 4.72 Å². The van der Waals surface area contributed by atoms with Gasteiger partial charge in [0.15, 0.2) is 5.13 Å². The second-order valence-corrected chi connectivity index (χ2v) is 10.1. The molecule has 0 radical (unpaired) electrons. The molecule has 0 bridgehead atoms. The number of aromatic nitrogens is 1. The van der Waals surface area contributed by atoms with E-state index in [2.05, 4.69) is 25.7 Å². The van der Waals surface area contributed by atoms with Crippen LogP contribution in [0.5, 0.6) is 0 Å². The number of benzene rings is 1. The molecule has 0 spiro atoms. The van der Waals surface area contributed by atoms with E-state index in [9.17, 15) is 21.6 Å². The second-order valence-electron chi connectivity index (χ2n) is 7.18. The summed E-state index contributed by atoms with van der Waals surface area (Å²) in [5.41, 5.74) is 0.290. The lowest BCUT2D eigenvalue weighted by molar-refractivity contribution is 0.0211. The number of hydrogen-bond acceptors (Lipinski definition) is 7. The van der Waals surface area contributed by atoms with Gasteiger partial charge >= 0.3 is 0 Å². The van der Waals surface area contributed by atoms with Crippen molar-refractivity contribution in [3.8, 4) is 0 Å².